The van der Waals surface area contributed by atoms with E-state index in [0.717, 1.165) is 76.4 Å². The van der Waals surface area contributed by atoms with Gasteiger partial charge in [0.2, 0.25) is 0 Å². The van der Waals surface area contributed by atoms with E-state index in [0.29, 0.717) is 18.6 Å². The van der Waals surface area contributed by atoms with Crippen molar-refractivity contribution in [3.05, 3.63) is 11.6 Å². The number of hydrogen-bond acceptors (Lipinski definition) is 6. The zero-order valence-electron chi connectivity index (χ0n) is 17.2. The Balaban J connectivity index is 0.00000280. The predicted octanol–water partition coefficient (Wildman–Crippen LogP) is 0.491. The third-order valence-corrected chi connectivity index (χ3v) is 5.03. The first-order chi connectivity index (χ1) is 13.2. The zero-order chi connectivity index (χ0) is 19.1. The van der Waals surface area contributed by atoms with E-state index in [-0.39, 0.29) is 24.0 Å². The summed E-state index contributed by atoms with van der Waals surface area (Å²) in [5, 5.41) is 11.5. The van der Waals surface area contributed by atoms with Gasteiger partial charge in [-0.3, -0.25) is 9.89 Å². The molecule has 2 N–H and O–H groups in total. The Morgan fingerprint density at radius 3 is 2.89 bits per heavy atom. The van der Waals surface area contributed by atoms with Crippen LogP contribution in [-0.4, -0.2) is 85.2 Å². The van der Waals surface area contributed by atoms with Crippen LogP contribution in [-0.2, 0) is 29.0 Å². The van der Waals surface area contributed by atoms with Gasteiger partial charge in [0.25, 0.3) is 0 Å². The molecule has 0 aromatic carbocycles. The van der Waals surface area contributed by atoms with Crippen molar-refractivity contribution in [2.75, 3.05) is 53.6 Å². The van der Waals surface area contributed by atoms with Crippen LogP contribution in [0.5, 0.6) is 0 Å². The number of aryl methyl sites for hydroxylation is 1. The minimum atomic E-state index is 0. The SMILES string of the molecule is CN=C(NCC(C)CN1CCOCC1)NC1CCc2nc(COC)nn2C1.I. The highest BCUT2D eigenvalue weighted by Gasteiger charge is 2.22. The molecule has 0 saturated carbocycles. The number of nitrogens with one attached hydrogen (secondary N) is 2. The minimum Gasteiger partial charge on any atom is -0.379 e. The van der Waals surface area contributed by atoms with Crippen molar-refractivity contribution in [3.63, 3.8) is 0 Å². The number of aromatic nitrogens is 3. The molecular weight excluding hydrogens is 473 g/mol. The number of hydrogen-bond donors (Lipinski definition) is 2. The Kier molecular flexibility index (Phi) is 9.89. The van der Waals surface area contributed by atoms with E-state index < -0.39 is 0 Å². The Hall–Kier alpha value is -0.980. The van der Waals surface area contributed by atoms with Gasteiger partial charge in [-0.05, 0) is 12.3 Å². The molecule has 0 aliphatic carbocycles. The lowest BCUT2D eigenvalue weighted by molar-refractivity contribution is 0.0320. The second kappa shape index (κ2) is 11.9. The largest absolute Gasteiger partial charge is 0.379 e. The van der Waals surface area contributed by atoms with E-state index in [1.165, 1.54) is 0 Å². The third-order valence-electron chi connectivity index (χ3n) is 5.03. The van der Waals surface area contributed by atoms with Crippen molar-refractivity contribution < 1.29 is 9.47 Å². The molecule has 2 aliphatic heterocycles. The third kappa shape index (κ3) is 6.82. The van der Waals surface area contributed by atoms with Gasteiger partial charge >= 0.3 is 0 Å². The number of rotatable bonds is 7. The summed E-state index contributed by atoms with van der Waals surface area (Å²) in [6, 6.07) is 0.301. The van der Waals surface area contributed by atoms with E-state index >= 15 is 0 Å². The van der Waals surface area contributed by atoms with E-state index in [9.17, 15) is 0 Å². The van der Waals surface area contributed by atoms with Crippen LogP contribution in [0.4, 0.5) is 0 Å². The number of fused-ring (bicyclic) bond motifs is 1. The zero-order valence-corrected chi connectivity index (χ0v) is 19.5. The quantitative estimate of drug-likeness (QED) is 0.316. The lowest BCUT2D eigenvalue weighted by Crippen LogP contribution is -2.49. The Morgan fingerprint density at radius 1 is 1.39 bits per heavy atom. The van der Waals surface area contributed by atoms with Gasteiger partial charge in [0, 0.05) is 52.8 Å². The molecule has 28 heavy (non-hydrogen) atoms. The number of methoxy groups -OCH3 is 1. The highest BCUT2D eigenvalue weighted by atomic mass is 127. The maximum absolute atomic E-state index is 5.42. The van der Waals surface area contributed by atoms with Crippen LogP contribution >= 0.6 is 24.0 Å². The van der Waals surface area contributed by atoms with E-state index in [2.05, 4.69) is 37.5 Å². The molecule has 10 heteroatoms. The highest BCUT2D eigenvalue weighted by Crippen LogP contribution is 2.13. The number of nitrogens with zero attached hydrogens (tertiary/aromatic N) is 5. The summed E-state index contributed by atoms with van der Waals surface area (Å²) in [4.78, 5) is 11.4. The molecule has 1 aromatic heterocycles. The van der Waals surface area contributed by atoms with Gasteiger partial charge in [-0.25, -0.2) is 9.67 Å². The molecule has 0 amide bonds. The fraction of sp³-hybridized carbons (Fsp3) is 0.833. The molecule has 2 atom stereocenters. The van der Waals surface area contributed by atoms with Gasteiger partial charge in [-0.15, -0.1) is 24.0 Å². The molecule has 3 heterocycles. The first-order valence-corrected chi connectivity index (χ1v) is 9.86. The second-order valence-electron chi connectivity index (χ2n) is 7.41. The maximum Gasteiger partial charge on any atom is 0.191 e. The molecule has 2 aliphatic rings. The predicted molar refractivity (Wildman–Crippen MR) is 119 cm³/mol. The van der Waals surface area contributed by atoms with Crippen molar-refractivity contribution >= 4 is 29.9 Å². The molecule has 1 saturated heterocycles. The maximum atomic E-state index is 5.42. The standard InChI is InChI=1S/C18H33N7O2.HI/c1-14(11-24-6-8-27-9-7-24)10-20-18(19-2)21-15-4-5-17-22-16(13-26-3)23-25(17)12-15;/h14-15H,4-13H2,1-3H3,(H2,19,20,21);1H. The molecule has 1 fully saturated rings. The van der Waals surface area contributed by atoms with Gasteiger partial charge in [-0.2, -0.15) is 5.10 Å². The van der Waals surface area contributed by atoms with Gasteiger partial charge in [-0.1, -0.05) is 6.92 Å². The molecule has 2 unspecified atom stereocenters. The van der Waals surface area contributed by atoms with E-state index in [1.807, 2.05) is 11.7 Å². The molecule has 160 valence electrons. The second-order valence-corrected chi connectivity index (χ2v) is 7.41. The first kappa shape index (κ1) is 23.3. The van der Waals surface area contributed by atoms with Crippen LogP contribution in [0.15, 0.2) is 4.99 Å². The summed E-state index contributed by atoms with van der Waals surface area (Å²) in [7, 11) is 3.49. The highest BCUT2D eigenvalue weighted by molar-refractivity contribution is 14.0. The Bertz CT molecular complexity index is 619. The Labute approximate surface area is 184 Å². The number of guanidine groups is 1. The number of ether oxygens (including phenoxy) is 2. The average molecular weight is 507 g/mol. The fourth-order valence-corrected chi connectivity index (χ4v) is 3.62. The fourth-order valence-electron chi connectivity index (χ4n) is 3.62. The van der Waals surface area contributed by atoms with Crippen molar-refractivity contribution in [2.24, 2.45) is 10.9 Å². The van der Waals surface area contributed by atoms with Crippen LogP contribution in [0.2, 0.25) is 0 Å². The molecule has 0 bridgehead atoms. The van der Waals surface area contributed by atoms with Crippen molar-refractivity contribution in [2.45, 2.75) is 39.0 Å². The average Bonchev–Trinajstić information content (AvgIpc) is 3.08. The van der Waals surface area contributed by atoms with Gasteiger partial charge in [0.05, 0.1) is 19.8 Å². The molecule has 0 radical (unpaired) electrons. The van der Waals surface area contributed by atoms with Crippen molar-refractivity contribution in [1.82, 2.24) is 30.3 Å². The lowest BCUT2D eigenvalue weighted by Gasteiger charge is -2.30. The van der Waals surface area contributed by atoms with E-state index in [1.54, 1.807) is 7.11 Å². The minimum absolute atomic E-state index is 0. The van der Waals surface area contributed by atoms with Crippen LogP contribution in [0.25, 0.3) is 0 Å². The van der Waals surface area contributed by atoms with Gasteiger partial charge in [0.15, 0.2) is 11.8 Å². The Morgan fingerprint density at radius 2 is 2.18 bits per heavy atom. The van der Waals surface area contributed by atoms with Gasteiger partial charge in [0.1, 0.15) is 12.4 Å². The molecular formula is C18H34IN7O2. The monoisotopic (exact) mass is 507 g/mol. The number of halogens is 1. The summed E-state index contributed by atoms with van der Waals surface area (Å²) >= 11 is 0. The van der Waals surface area contributed by atoms with Crippen LogP contribution in [0, 0.1) is 5.92 Å². The molecule has 0 spiro atoms. The van der Waals surface area contributed by atoms with Crippen molar-refractivity contribution in [1.29, 1.82) is 0 Å². The topological polar surface area (TPSA) is 88.8 Å². The normalized spacial score (nSPS) is 21.5. The molecule has 9 nitrogen and oxygen atoms in total. The summed E-state index contributed by atoms with van der Waals surface area (Å²) < 4.78 is 12.5. The molecule has 3 rings (SSSR count). The van der Waals surface area contributed by atoms with Crippen LogP contribution < -0.4 is 10.6 Å². The molecule has 1 aromatic rings. The van der Waals surface area contributed by atoms with Crippen LogP contribution in [0.3, 0.4) is 0 Å². The summed E-state index contributed by atoms with van der Waals surface area (Å²) in [6.45, 7) is 9.28. The number of morpholine rings is 1. The number of aliphatic imine (C=N–C) groups is 1. The summed E-state index contributed by atoms with van der Waals surface area (Å²) in [5.74, 6) is 3.20. The van der Waals surface area contributed by atoms with Crippen LogP contribution in [0.1, 0.15) is 25.0 Å². The van der Waals surface area contributed by atoms with E-state index in [4.69, 9.17) is 9.47 Å². The van der Waals surface area contributed by atoms with Gasteiger partial charge < -0.3 is 20.1 Å². The summed E-state index contributed by atoms with van der Waals surface area (Å²) in [5.41, 5.74) is 0. The smallest absolute Gasteiger partial charge is 0.191 e. The lowest BCUT2D eigenvalue weighted by atomic mass is 10.1. The van der Waals surface area contributed by atoms with Crippen molar-refractivity contribution in [3.8, 4) is 0 Å². The first-order valence-electron chi connectivity index (χ1n) is 9.86. The summed E-state index contributed by atoms with van der Waals surface area (Å²) in [6.07, 6.45) is 1.94.